The molecular formula is C27H32N2O3. The van der Waals surface area contributed by atoms with Crippen LogP contribution < -0.4 is 5.73 Å². The van der Waals surface area contributed by atoms with Gasteiger partial charge in [-0.15, -0.1) is 0 Å². The highest BCUT2D eigenvalue weighted by Gasteiger charge is 2.27. The molecule has 3 N–H and O–H groups in total. The first kappa shape index (κ1) is 22.1. The molecule has 1 heterocycles. The number of aromatic carboxylic acids is 1. The van der Waals surface area contributed by atoms with Crippen molar-refractivity contribution in [3.8, 4) is 0 Å². The zero-order valence-electron chi connectivity index (χ0n) is 18.8. The van der Waals surface area contributed by atoms with E-state index in [-0.39, 0.29) is 0 Å². The summed E-state index contributed by atoms with van der Waals surface area (Å²) in [6, 6.07) is 12.9. The molecule has 1 unspecified atom stereocenters. The number of nitrogens with zero attached hydrogens (tertiary/aromatic N) is 1. The molecule has 5 heteroatoms. The van der Waals surface area contributed by atoms with Crippen LogP contribution in [0.25, 0.3) is 10.9 Å². The first-order valence-corrected chi connectivity index (χ1v) is 11.7. The monoisotopic (exact) mass is 432 g/mol. The number of aromatic nitrogens is 1. The molecule has 1 amide bonds. The molecule has 1 aliphatic rings. The van der Waals surface area contributed by atoms with Gasteiger partial charge in [-0.1, -0.05) is 63.3 Å². The minimum atomic E-state index is -0.896. The van der Waals surface area contributed by atoms with Crippen LogP contribution in [0.5, 0.6) is 0 Å². The average Bonchev–Trinajstić information content (AvgIpc) is 3.10. The molecule has 3 aromatic rings. The normalized spacial score (nSPS) is 15.6. The van der Waals surface area contributed by atoms with Gasteiger partial charge in [-0.2, -0.15) is 0 Å². The summed E-state index contributed by atoms with van der Waals surface area (Å²) in [4.78, 5) is 23.5. The molecule has 0 saturated heterocycles. The first-order chi connectivity index (χ1) is 15.5. The predicted molar refractivity (Wildman–Crippen MR) is 127 cm³/mol. The lowest BCUT2D eigenvalue weighted by Gasteiger charge is -2.24. The molecule has 1 aromatic heterocycles. The number of para-hydroxylation sites is 1. The van der Waals surface area contributed by atoms with Crippen molar-refractivity contribution in [3.63, 3.8) is 0 Å². The molecule has 0 bridgehead atoms. The van der Waals surface area contributed by atoms with Crippen LogP contribution in [0.3, 0.4) is 0 Å². The zero-order valence-corrected chi connectivity index (χ0v) is 18.8. The van der Waals surface area contributed by atoms with Crippen LogP contribution in [0.4, 0.5) is 0 Å². The Balaban J connectivity index is 1.72. The Morgan fingerprint density at radius 3 is 2.56 bits per heavy atom. The maximum Gasteiger partial charge on any atom is 0.337 e. The number of nitrogens with two attached hydrogens (primary N) is 1. The van der Waals surface area contributed by atoms with Gasteiger partial charge < -0.3 is 15.4 Å². The minimum absolute atomic E-state index is 0.352. The number of primary amides is 1. The number of aryl methyl sites for hydroxylation is 1. The van der Waals surface area contributed by atoms with Gasteiger partial charge in [0.25, 0.3) is 0 Å². The molecule has 5 nitrogen and oxygen atoms in total. The number of fused-ring (bicyclic) bond motifs is 3. The number of amides is 1. The first-order valence-electron chi connectivity index (χ1n) is 11.7. The third-order valence-corrected chi connectivity index (χ3v) is 6.87. The molecule has 1 aliphatic carbocycles. The van der Waals surface area contributed by atoms with Gasteiger partial charge >= 0.3 is 5.97 Å². The summed E-state index contributed by atoms with van der Waals surface area (Å²) in [5.41, 5.74) is 10.6. The Morgan fingerprint density at radius 2 is 1.88 bits per heavy atom. The largest absolute Gasteiger partial charge is 0.478 e. The van der Waals surface area contributed by atoms with E-state index in [0.717, 1.165) is 29.3 Å². The number of hydrogen-bond donors (Lipinski definition) is 2. The fourth-order valence-electron chi connectivity index (χ4n) is 5.18. The van der Waals surface area contributed by atoms with E-state index in [9.17, 15) is 14.7 Å². The second kappa shape index (κ2) is 9.60. The van der Waals surface area contributed by atoms with E-state index in [4.69, 9.17) is 5.73 Å². The number of carbonyl (C=O) groups excluding carboxylic acids is 1. The lowest BCUT2D eigenvalue weighted by atomic mass is 9.83. The fraction of sp³-hybridized carbons (Fsp3) is 0.407. The highest BCUT2D eigenvalue weighted by atomic mass is 16.4. The van der Waals surface area contributed by atoms with Crippen molar-refractivity contribution in [3.05, 3.63) is 70.4 Å². The number of unbranched alkanes of at least 4 members (excludes halogenated alkanes) is 3. The third kappa shape index (κ3) is 4.43. The average molecular weight is 433 g/mol. The summed E-state index contributed by atoms with van der Waals surface area (Å²) < 4.78 is 2.21. The summed E-state index contributed by atoms with van der Waals surface area (Å²) in [6.07, 6.45) is 9.50. The Hall–Kier alpha value is -3.08. The van der Waals surface area contributed by atoms with Gasteiger partial charge in [0.1, 0.15) is 0 Å². The molecule has 4 rings (SSSR count). The lowest BCUT2D eigenvalue weighted by molar-refractivity contribution is 0.0698. The van der Waals surface area contributed by atoms with Crippen molar-refractivity contribution >= 4 is 22.8 Å². The van der Waals surface area contributed by atoms with Crippen LogP contribution in [0.15, 0.2) is 42.5 Å². The number of rotatable bonds is 9. The number of carboxylic acid groups (broad SMARTS) is 1. The van der Waals surface area contributed by atoms with E-state index in [1.165, 1.54) is 49.8 Å². The molecule has 0 spiro atoms. The SMILES string of the molecule is CCCCCCC1CCc2c(n(Cc3ccc(C(N)=O)cc3)c3c(C(=O)O)cccc23)C1. The summed E-state index contributed by atoms with van der Waals surface area (Å²) >= 11 is 0. The molecule has 0 radical (unpaired) electrons. The standard InChI is InChI=1S/C27H32N2O3/c1-2-3-4-5-7-18-12-15-21-22-8-6-9-23(27(31)32)25(22)29(24(21)16-18)17-19-10-13-20(14-11-19)26(28)30/h6,8-11,13-14,18H,2-5,7,12,15-17H2,1H3,(H2,28,30)(H,31,32). The number of carboxylic acids is 1. The molecule has 0 saturated carbocycles. The molecule has 2 aromatic carbocycles. The van der Waals surface area contributed by atoms with Gasteiger partial charge in [0, 0.05) is 23.2 Å². The number of hydrogen-bond acceptors (Lipinski definition) is 2. The van der Waals surface area contributed by atoms with Gasteiger partial charge in [0.05, 0.1) is 11.1 Å². The molecular weight excluding hydrogens is 400 g/mol. The Bertz CT molecular complexity index is 1130. The van der Waals surface area contributed by atoms with Gasteiger partial charge in [-0.25, -0.2) is 4.79 Å². The zero-order chi connectivity index (χ0) is 22.7. The van der Waals surface area contributed by atoms with Crippen molar-refractivity contribution in [2.45, 2.75) is 64.8 Å². The molecule has 32 heavy (non-hydrogen) atoms. The quantitative estimate of drug-likeness (QED) is 0.434. The second-order valence-electron chi connectivity index (χ2n) is 9.04. The van der Waals surface area contributed by atoms with Crippen LogP contribution in [-0.2, 0) is 19.4 Å². The third-order valence-electron chi connectivity index (χ3n) is 6.87. The van der Waals surface area contributed by atoms with Gasteiger partial charge in [-0.05, 0) is 54.5 Å². The lowest BCUT2D eigenvalue weighted by Crippen LogP contribution is -2.18. The van der Waals surface area contributed by atoms with Crippen molar-refractivity contribution in [1.29, 1.82) is 0 Å². The van der Waals surface area contributed by atoms with Crippen LogP contribution in [-0.4, -0.2) is 21.6 Å². The number of benzene rings is 2. The maximum atomic E-state index is 12.1. The van der Waals surface area contributed by atoms with E-state index in [0.29, 0.717) is 23.6 Å². The second-order valence-corrected chi connectivity index (χ2v) is 9.04. The van der Waals surface area contributed by atoms with Crippen molar-refractivity contribution < 1.29 is 14.7 Å². The van der Waals surface area contributed by atoms with Crippen molar-refractivity contribution in [1.82, 2.24) is 4.57 Å². The Kier molecular flexibility index (Phi) is 6.63. The van der Waals surface area contributed by atoms with E-state index >= 15 is 0 Å². The highest BCUT2D eigenvalue weighted by molar-refractivity contribution is 6.04. The summed E-state index contributed by atoms with van der Waals surface area (Å²) in [5.74, 6) is -0.695. The van der Waals surface area contributed by atoms with Crippen molar-refractivity contribution in [2.24, 2.45) is 11.7 Å². The van der Waals surface area contributed by atoms with Crippen LogP contribution in [0.1, 0.15) is 83.0 Å². The van der Waals surface area contributed by atoms with Gasteiger partial charge in [0.2, 0.25) is 5.91 Å². The van der Waals surface area contributed by atoms with Crippen LogP contribution >= 0.6 is 0 Å². The van der Waals surface area contributed by atoms with E-state index < -0.39 is 11.9 Å². The van der Waals surface area contributed by atoms with Gasteiger partial charge in [-0.3, -0.25) is 4.79 Å². The summed E-state index contributed by atoms with van der Waals surface area (Å²) in [7, 11) is 0. The molecule has 1 atom stereocenters. The maximum absolute atomic E-state index is 12.1. The Morgan fingerprint density at radius 1 is 1.09 bits per heavy atom. The van der Waals surface area contributed by atoms with Crippen LogP contribution in [0.2, 0.25) is 0 Å². The predicted octanol–water partition coefficient (Wildman–Crippen LogP) is 5.56. The van der Waals surface area contributed by atoms with E-state index in [2.05, 4.69) is 17.6 Å². The topological polar surface area (TPSA) is 85.3 Å². The Labute approximate surface area is 189 Å². The summed E-state index contributed by atoms with van der Waals surface area (Å²) in [5, 5.41) is 11.0. The number of carbonyl (C=O) groups is 2. The molecule has 0 fully saturated rings. The van der Waals surface area contributed by atoms with E-state index in [1.807, 2.05) is 18.2 Å². The fourth-order valence-corrected chi connectivity index (χ4v) is 5.18. The van der Waals surface area contributed by atoms with Crippen LogP contribution in [0, 0.1) is 5.92 Å². The molecule has 168 valence electrons. The summed E-state index contributed by atoms with van der Waals surface area (Å²) in [6.45, 7) is 2.82. The van der Waals surface area contributed by atoms with Crippen molar-refractivity contribution in [2.75, 3.05) is 0 Å². The minimum Gasteiger partial charge on any atom is -0.478 e. The van der Waals surface area contributed by atoms with E-state index in [1.54, 1.807) is 18.2 Å². The molecule has 0 aliphatic heterocycles. The highest BCUT2D eigenvalue weighted by Crippen LogP contribution is 2.37. The smallest absolute Gasteiger partial charge is 0.337 e. The van der Waals surface area contributed by atoms with Gasteiger partial charge in [0.15, 0.2) is 0 Å².